The minimum atomic E-state index is -1.60. The Labute approximate surface area is 422 Å². The first-order valence-corrected chi connectivity index (χ1v) is 23.6. The number of carbonyl (C=O) groups is 10. The third kappa shape index (κ3) is 18.9. The number of aromatic nitrogens is 4. The molecule has 0 aliphatic carbocycles. The average molecular weight is 1040 g/mol. The number of hydrogen-bond acceptors (Lipinski definition) is 15. The summed E-state index contributed by atoms with van der Waals surface area (Å²) in [4.78, 5) is 151. The molecule has 396 valence electrons. The lowest BCUT2D eigenvalue weighted by molar-refractivity contribution is -0.143. The molecule has 28 nitrogen and oxygen atoms in total. The Morgan fingerprint density at radius 2 is 1.23 bits per heavy atom. The van der Waals surface area contributed by atoms with Crippen LogP contribution in [0.1, 0.15) is 61.9 Å². The van der Waals surface area contributed by atoms with Gasteiger partial charge in [-0.25, -0.2) is 14.8 Å². The van der Waals surface area contributed by atoms with E-state index in [1.807, 2.05) is 0 Å². The third-order valence-corrected chi connectivity index (χ3v) is 11.7. The number of carboxylic acid groups (broad SMARTS) is 3. The second-order valence-electron chi connectivity index (χ2n) is 16.9. The Balaban J connectivity index is 1.61. The van der Waals surface area contributed by atoms with Crippen LogP contribution in [0.15, 0.2) is 60.4 Å². The van der Waals surface area contributed by atoms with Crippen LogP contribution in [0.3, 0.4) is 0 Å². The number of thiol groups is 1. The first-order valence-electron chi connectivity index (χ1n) is 23.0. The molecule has 4 rings (SSSR count). The van der Waals surface area contributed by atoms with Crippen molar-refractivity contribution in [3.63, 3.8) is 0 Å². The van der Waals surface area contributed by atoms with Gasteiger partial charge in [-0.15, -0.1) is 0 Å². The van der Waals surface area contributed by atoms with Crippen LogP contribution in [0.25, 0.3) is 0 Å². The predicted octanol–water partition coefficient (Wildman–Crippen LogP) is -4.20. The van der Waals surface area contributed by atoms with Crippen LogP contribution in [0.5, 0.6) is 0 Å². The summed E-state index contributed by atoms with van der Waals surface area (Å²) in [5.41, 5.74) is 18.0. The first kappa shape index (κ1) is 57.5. The number of likely N-dealkylation sites (tertiary alicyclic amines) is 1. The van der Waals surface area contributed by atoms with E-state index in [1.165, 1.54) is 29.9 Å². The molecule has 0 spiro atoms. The van der Waals surface area contributed by atoms with E-state index in [4.69, 9.17) is 22.3 Å². The van der Waals surface area contributed by atoms with Crippen LogP contribution < -0.4 is 49.1 Å². The fourth-order valence-electron chi connectivity index (χ4n) is 7.62. The topological polar surface area (TPSA) is 455 Å². The number of nitrogens with one attached hydrogen (secondary N) is 8. The van der Waals surface area contributed by atoms with Gasteiger partial charge in [-0.3, -0.25) is 48.1 Å². The van der Waals surface area contributed by atoms with Crippen molar-refractivity contribution < 1.29 is 63.3 Å². The van der Waals surface area contributed by atoms with E-state index < -0.39 is 127 Å². The van der Waals surface area contributed by atoms with Gasteiger partial charge in [0.25, 0.3) is 0 Å². The first-order chi connectivity index (χ1) is 34.8. The van der Waals surface area contributed by atoms with Gasteiger partial charge in [0.1, 0.15) is 42.3 Å². The SMILES string of the molecule is NC(N)=NCCC[C@H](NC(=O)[C@H](Cc1ccccc1)NC(=O)[C@@H]1CCCN1C(=O)[C@H](Cc1cnc[nH]1)NC(=O)[C@H](CCC(=O)O)NC(=O)[C@@H](N)CC(=O)O)C(=O)N[C@@H](Cc1cnc[nH]1)C(=O)N[C@@H](CS)C(=O)O. The maximum absolute atomic E-state index is 14.5. The molecule has 1 fully saturated rings. The summed E-state index contributed by atoms with van der Waals surface area (Å²) < 4.78 is 0. The number of carboxylic acids is 3. The molecule has 3 aromatic rings. The van der Waals surface area contributed by atoms with Gasteiger partial charge >= 0.3 is 17.9 Å². The van der Waals surface area contributed by atoms with Crippen molar-refractivity contribution in [1.29, 1.82) is 0 Å². The van der Waals surface area contributed by atoms with E-state index >= 15 is 0 Å². The number of nitrogens with zero attached hydrogens (tertiary/aromatic N) is 4. The fourth-order valence-corrected chi connectivity index (χ4v) is 7.86. The molecule has 7 amide bonds. The molecule has 73 heavy (non-hydrogen) atoms. The minimum absolute atomic E-state index is 0.0115. The highest BCUT2D eigenvalue weighted by molar-refractivity contribution is 7.80. The third-order valence-electron chi connectivity index (χ3n) is 11.3. The molecule has 1 aliphatic rings. The molecule has 0 radical (unpaired) electrons. The van der Waals surface area contributed by atoms with Crippen molar-refractivity contribution in [3.8, 4) is 0 Å². The molecule has 3 heterocycles. The average Bonchev–Trinajstić information content (AvgIpc) is 4.17. The predicted molar refractivity (Wildman–Crippen MR) is 260 cm³/mol. The van der Waals surface area contributed by atoms with Crippen molar-refractivity contribution in [2.75, 3.05) is 18.8 Å². The summed E-state index contributed by atoms with van der Waals surface area (Å²) in [5.74, 6) is -10.8. The van der Waals surface area contributed by atoms with E-state index in [0.29, 0.717) is 23.4 Å². The Kier molecular flexibility index (Phi) is 22.6. The highest BCUT2D eigenvalue weighted by Crippen LogP contribution is 2.21. The normalized spacial score (nSPS) is 15.9. The molecule has 0 unspecified atom stereocenters. The molecule has 0 saturated carbocycles. The van der Waals surface area contributed by atoms with Gasteiger partial charge in [-0.05, 0) is 37.7 Å². The van der Waals surface area contributed by atoms with E-state index in [0.717, 1.165) is 0 Å². The van der Waals surface area contributed by atoms with E-state index in [-0.39, 0.29) is 63.3 Å². The Morgan fingerprint density at radius 1 is 0.699 bits per heavy atom. The number of H-pyrrole nitrogens is 2. The summed E-state index contributed by atoms with van der Waals surface area (Å²) in [6, 6.07) is -2.94. The minimum Gasteiger partial charge on any atom is -0.481 e. The molecule has 17 N–H and O–H groups in total. The summed E-state index contributed by atoms with van der Waals surface area (Å²) in [7, 11) is 0. The van der Waals surface area contributed by atoms with E-state index in [1.54, 1.807) is 30.3 Å². The number of hydrogen-bond donors (Lipinski definition) is 15. The highest BCUT2D eigenvalue weighted by Gasteiger charge is 2.41. The monoisotopic (exact) mass is 1040 g/mol. The van der Waals surface area contributed by atoms with Crippen LogP contribution >= 0.6 is 12.6 Å². The largest absolute Gasteiger partial charge is 0.481 e. The number of aromatic amines is 2. The molecule has 8 atom stereocenters. The van der Waals surface area contributed by atoms with Crippen molar-refractivity contribution in [3.05, 3.63) is 72.3 Å². The zero-order valence-electron chi connectivity index (χ0n) is 39.4. The number of carbonyl (C=O) groups excluding carboxylic acids is 7. The fraction of sp³-hybridized carbons (Fsp3) is 0.477. The Morgan fingerprint density at radius 3 is 1.78 bits per heavy atom. The molecule has 0 bridgehead atoms. The second-order valence-corrected chi connectivity index (χ2v) is 17.3. The lowest BCUT2D eigenvalue weighted by atomic mass is 10.0. The van der Waals surface area contributed by atoms with Gasteiger partial charge in [0.05, 0.1) is 25.1 Å². The standard InChI is InChI=1S/C44H61N15O13S/c45-26(17-35(62)63)36(64)53-28(10-11-34(60)61)38(66)57-31(16-25-19-49-22-52-25)42(70)59-13-5-9-33(59)41(69)56-29(14-23-6-2-1-3-7-23)39(67)54-27(8-4-12-50-44(46)47)37(65)55-30(15-24-18-48-21-51-24)40(68)58-32(20-73)43(71)72/h1-3,6-7,18-19,21-22,26-33,73H,4-5,8-17,20,45H2,(H,48,51)(H,49,52)(H,53,64)(H,54,67)(H,55,65)(H,56,69)(H,57,66)(H,58,68)(H,60,61)(H,62,63)(H,71,72)(H4,46,47,50)/t26-,27-,28-,29-,30-,31-,32-,33-/m0/s1. The van der Waals surface area contributed by atoms with Gasteiger partial charge in [0.15, 0.2) is 5.96 Å². The summed E-state index contributed by atoms with van der Waals surface area (Å²) >= 11 is 4.00. The molecule has 29 heteroatoms. The Bertz CT molecular complexity index is 2410. The molecule has 1 saturated heterocycles. The lowest BCUT2D eigenvalue weighted by Gasteiger charge is -2.31. The van der Waals surface area contributed by atoms with Crippen LogP contribution in [0.2, 0.25) is 0 Å². The van der Waals surface area contributed by atoms with Crippen molar-refractivity contribution in [1.82, 2.24) is 56.7 Å². The summed E-state index contributed by atoms with van der Waals surface area (Å²) in [6.07, 6.45) is 3.46. The molecule has 2 aromatic heterocycles. The molecule has 1 aliphatic heterocycles. The quantitative estimate of drug-likeness (QED) is 0.0130. The van der Waals surface area contributed by atoms with Gasteiger partial charge in [0, 0.05) is 68.3 Å². The molecule has 1 aromatic carbocycles. The maximum atomic E-state index is 14.5. The van der Waals surface area contributed by atoms with Gasteiger partial charge in [-0.2, -0.15) is 12.6 Å². The van der Waals surface area contributed by atoms with E-state index in [2.05, 4.69) is 69.5 Å². The molecular formula is C44H61N15O13S. The van der Waals surface area contributed by atoms with Gasteiger partial charge < -0.3 is 79.3 Å². The number of benzene rings is 1. The van der Waals surface area contributed by atoms with Crippen molar-refractivity contribution >= 4 is 77.8 Å². The smallest absolute Gasteiger partial charge is 0.327 e. The summed E-state index contributed by atoms with van der Waals surface area (Å²) in [6.45, 7) is 0.0377. The van der Waals surface area contributed by atoms with Crippen molar-refractivity contribution in [2.24, 2.45) is 22.2 Å². The van der Waals surface area contributed by atoms with Gasteiger partial charge in [-0.1, -0.05) is 30.3 Å². The summed E-state index contributed by atoms with van der Waals surface area (Å²) in [5, 5.41) is 43.2. The number of imidazole rings is 2. The van der Waals surface area contributed by atoms with Crippen LogP contribution in [0.4, 0.5) is 0 Å². The van der Waals surface area contributed by atoms with Gasteiger partial charge in [0.2, 0.25) is 41.4 Å². The van der Waals surface area contributed by atoms with E-state index in [9.17, 15) is 58.2 Å². The number of aliphatic imine (C=N–C) groups is 1. The molecular weight excluding hydrogens is 979 g/mol. The zero-order valence-corrected chi connectivity index (χ0v) is 40.3. The zero-order chi connectivity index (χ0) is 53.6. The highest BCUT2D eigenvalue weighted by atomic mass is 32.1. The van der Waals surface area contributed by atoms with Crippen LogP contribution in [-0.4, -0.2) is 173 Å². The van der Waals surface area contributed by atoms with Crippen LogP contribution in [0, 0.1) is 0 Å². The number of aliphatic carboxylic acids is 3. The maximum Gasteiger partial charge on any atom is 0.327 e. The number of rotatable bonds is 30. The number of amides is 7. The lowest BCUT2D eigenvalue weighted by Crippen LogP contribution is -2.60. The second kappa shape index (κ2) is 28.7. The number of nitrogens with two attached hydrogens (primary N) is 3. The Hall–Kier alpha value is -8.08. The van der Waals surface area contributed by atoms with Crippen LogP contribution in [-0.2, 0) is 67.2 Å². The number of guanidine groups is 1. The van der Waals surface area contributed by atoms with Crippen molar-refractivity contribution in [2.45, 2.75) is 113 Å².